The van der Waals surface area contributed by atoms with Crippen LogP contribution in [0, 0.1) is 5.92 Å². The highest BCUT2D eigenvalue weighted by Crippen LogP contribution is 2.28. The van der Waals surface area contributed by atoms with Gasteiger partial charge in [-0.15, -0.1) is 0 Å². The summed E-state index contributed by atoms with van der Waals surface area (Å²) in [6.07, 6.45) is 4.06. The zero-order valence-electron chi connectivity index (χ0n) is 9.95. The smallest absolute Gasteiger partial charge is 0.0407 e. The molecule has 1 aliphatic heterocycles. The minimum absolute atomic E-state index is 0.886. The van der Waals surface area contributed by atoms with Gasteiger partial charge in [-0.1, -0.05) is 47.5 Å². The van der Waals surface area contributed by atoms with Crippen LogP contribution in [0.2, 0.25) is 0 Å². The predicted octanol–water partition coefficient (Wildman–Crippen LogP) is 4.21. The van der Waals surface area contributed by atoms with Gasteiger partial charge in [-0.3, -0.25) is 0 Å². The highest BCUT2D eigenvalue weighted by molar-refractivity contribution is 9.08. The lowest BCUT2D eigenvalue weighted by Crippen LogP contribution is -2.35. The molecular weight excluding hydrogens is 262 g/mol. The van der Waals surface area contributed by atoms with Gasteiger partial charge in [-0.25, -0.2) is 0 Å². The zero-order valence-corrected chi connectivity index (χ0v) is 11.5. The van der Waals surface area contributed by atoms with Gasteiger partial charge >= 0.3 is 0 Å². The summed E-state index contributed by atoms with van der Waals surface area (Å²) in [5, 5.41) is 0.955. The van der Waals surface area contributed by atoms with Crippen LogP contribution in [0.5, 0.6) is 0 Å². The van der Waals surface area contributed by atoms with E-state index in [1.807, 2.05) is 0 Å². The monoisotopic (exact) mass is 281 g/mol. The van der Waals surface area contributed by atoms with E-state index in [9.17, 15) is 0 Å². The molecule has 1 aromatic carbocycles. The molecule has 0 aliphatic carbocycles. The van der Waals surface area contributed by atoms with E-state index in [2.05, 4.69) is 52.0 Å². The second-order valence-electron chi connectivity index (χ2n) is 4.62. The number of rotatable bonds is 3. The Labute approximate surface area is 107 Å². The molecule has 1 aromatic rings. The summed E-state index contributed by atoms with van der Waals surface area (Å²) < 4.78 is 0. The van der Waals surface area contributed by atoms with Crippen LogP contribution >= 0.6 is 15.9 Å². The Morgan fingerprint density at radius 3 is 2.94 bits per heavy atom. The van der Waals surface area contributed by atoms with Crippen LogP contribution in [0.15, 0.2) is 24.3 Å². The molecule has 0 spiro atoms. The molecule has 1 aliphatic rings. The summed E-state index contributed by atoms with van der Waals surface area (Å²) in [4.78, 5) is 2.56. The molecule has 16 heavy (non-hydrogen) atoms. The first-order chi connectivity index (χ1) is 7.85. The van der Waals surface area contributed by atoms with Gasteiger partial charge in [0.25, 0.3) is 0 Å². The van der Waals surface area contributed by atoms with Gasteiger partial charge in [-0.2, -0.15) is 0 Å². The van der Waals surface area contributed by atoms with Crippen LogP contribution in [-0.4, -0.2) is 13.1 Å². The van der Waals surface area contributed by atoms with Gasteiger partial charge < -0.3 is 4.90 Å². The van der Waals surface area contributed by atoms with E-state index in [4.69, 9.17) is 0 Å². The van der Waals surface area contributed by atoms with Crippen LogP contribution < -0.4 is 4.90 Å². The fourth-order valence-electron chi connectivity index (χ4n) is 2.55. The van der Waals surface area contributed by atoms with E-state index in [-0.39, 0.29) is 0 Å². The van der Waals surface area contributed by atoms with Gasteiger partial charge in [0.1, 0.15) is 0 Å². The maximum atomic E-state index is 3.58. The van der Waals surface area contributed by atoms with E-state index in [0.29, 0.717) is 0 Å². The highest BCUT2D eigenvalue weighted by atomic mass is 79.9. The number of hydrogen-bond donors (Lipinski definition) is 0. The molecule has 0 bridgehead atoms. The van der Waals surface area contributed by atoms with Gasteiger partial charge in [0.05, 0.1) is 0 Å². The second-order valence-corrected chi connectivity index (χ2v) is 5.19. The maximum Gasteiger partial charge on any atom is 0.0407 e. The minimum Gasteiger partial charge on any atom is -0.371 e. The van der Waals surface area contributed by atoms with E-state index in [1.54, 1.807) is 0 Å². The maximum absolute atomic E-state index is 3.58. The highest BCUT2D eigenvalue weighted by Gasteiger charge is 2.19. The van der Waals surface area contributed by atoms with Crippen molar-refractivity contribution >= 4 is 21.6 Å². The largest absolute Gasteiger partial charge is 0.371 e. The summed E-state index contributed by atoms with van der Waals surface area (Å²) in [5.41, 5.74) is 2.84. The van der Waals surface area contributed by atoms with E-state index in [0.717, 1.165) is 11.2 Å². The molecule has 1 heterocycles. The van der Waals surface area contributed by atoms with E-state index >= 15 is 0 Å². The lowest BCUT2D eigenvalue weighted by Gasteiger charge is -2.35. The molecular formula is C14H20BrN. The van der Waals surface area contributed by atoms with Crippen LogP contribution in [0.1, 0.15) is 31.7 Å². The second kappa shape index (κ2) is 5.72. The summed E-state index contributed by atoms with van der Waals surface area (Å²) in [7, 11) is 0. The molecule has 88 valence electrons. The number of halogens is 1. The molecule has 2 heteroatoms. The number of alkyl halides is 1. The van der Waals surface area contributed by atoms with Crippen molar-refractivity contribution in [3.63, 3.8) is 0 Å². The predicted molar refractivity (Wildman–Crippen MR) is 74.3 cm³/mol. The number of nitrogens with zero attached hydrogens (tertiary/aromatic N) is 1. The minimum atomic E-state index is 0.886. The van der Waals surface area contributed by atoms with E-state index in [1.165, 1.54) is 43.6 Å². The van der Waals surface area contributed by atoms with Crippen molar-refractivity contribution in [1.29, 1.82) is 0 Å². The van der Waals surface area contributed by atoms with Gasteiger partial charge in [0.15, 0.2) is 0 Å². The molecule has 0 saturated carbocycles. The van der Waals surface area contributed by atoms with Crippen molar-refractivity contribution < 1.29 is 0 Å². The Hall–Kier alpha value is -0.500. The number of benzene rings is 1. The third-order valence-electron chi connectivity index (χ3n) is 3.57. The van der Waals surface area contributed by atoms with Crippen LogP contribution in [0.3, 0.4) is 0 Å². The van der Waals surface area contributed by atoms with Crippen molar-refractivity contribution in [3.05, 3.63) is 29.8 Å². The van der Waals surface area contributed by atoms with Gasteiger partial charge in [0.2, 0.25) is 0 Å². The number of anilines is 1. The Balaban J connectivity index is 2.16. The van der Waals surface area contributed by atoms with Crippen LogP contribution in [0.25, 0.3) is 0 Å². The topological polar surface area (TPSA) is 3.24 Å². The third kappa shape index (κ3) is 2.60. The normalized spacial score (nSPS) is 21.1. The summed E-state index contributed by atoms with van der Waals surface area (Å²) in [6, 6.07) is 8.76. The Bertz CT molecular complexity index is 337. The third-order valence-corrected chi connectivity index (χ3v) is 4.18. The zero-order chi connectivity index (χ0) is 11.4. The van der Waals surface area contributed by atoms with Crippen molar-refractivity contribution in [3.8, 4) is 0 Å². The Kier molecular flexibility index (Phi) is 4.28. The molecule has 0 aromatic heterocycles. The van der Waals surface area contributed by atoms with Crippen molar-refractivity contribution in [2.45, 2.75) is 31.5 Å². The summed E-state index contributed by atoms with van der Waals surface area (Å²) in [5.74, 6) is 0.886. The molecule has 0 amide bonds. The van der Waals surface area contributed by atoms with Crippen LogP contribution in [0.4, 0.5) is 5.69 Å². The first kappa shape index (κ1) is 12.0. The van der Waals surface area contributed by atoms with Crippen molar-refractivity contribution in [2.75, 3.05) is 18.0 Å². The van der Waals surface area contributed by atoms with E-state index < -0.39 is 0 Å². The standard InChI is InChI=1S/C14H20BrN/c1-2-12-6-5-9-16(11-12)14-8-4-3-7-13(14)10-15/h3-4,7-8,12H,2,5-6,9-11H2,1H3. The molecule has 1 nitrogen and oxygen atoms in total. The average molecular weight is 282 g/mol. The Morgan fingerprint density at radius 2 is 2.19 bits per heavy atom. The number of piperidine rings is 1. The Morgan fingerprint density at radius 1 is 1.38 bits per heavy atom. The SMILES string of the molecule is CCC1CCCN(c2ccccc2CBr)C1. The van der Waals surface area contributed by atoms with Gasteiger partial charge in [0, 0.05) is 24.1 Å². The van der Waals surface area contributed by atoms with Crippen molar-refractivity contribution in [1.82, 2.24) is 0 Å². The molecule has 0 N–H and O–H groups in total. The average Bonchev–Trinajstić information content (AvgIpc) is 2.38. The quantitative estimate of drug-likeness (QED) is 0.751. The molecule has 1 fully saturated rings. The van der Waals surface area contributed by atoms with Crippen molar-refractivity contribution in [2.24, 2.45) is 5.92 Å². The molecule has 1 saturated heterocycles. The molecule has 1 atom stereocenters. The molecule has 1 unspecified atom stereocenters. The lowest BCUT2D eigenvalue weighted by atomic mass is 9.95. The lowest BCUT2D eigenvalue weighted by molar-refractivity contribution is 0.404. The van der Waals surface area contributed by atoms with Crippen LogP contribution in [-0.2, 0) is 5.33 Å². The first-order valence-electron chi connectivity index (χ1n) is 6.24. The molecule has 2 rings (SSSR count). The number of hydrogen-bond acceptors (Lipinski definition) is 1. The summed E-state index contributed by atoms with van der Waals surface area (Å²) in [6.45, 7) is 4.77. The van der Waals surface area contributed by atoms with Gasteiger partial charge in [-0.05, 0) is 30.4 Å². The molecule has 0 radical (unpaired) electrons. The number of para-hydroxylation sites is 1. The first-order valence-corrected chi connectivity index (χ1v) is 7.36. The summed E-state index contributed by atoms with van der Waals surface area (Å²) >= 11 is 3.58. The fourth-order valence-corrected chi connectivity index (χ4v) is 3.02. The fraction of sp³-hybridized carbons (Fsp3) is 0.571.